The highest BCUT2D eigenvalue weighted by Gasteiger charge is 2.18. The van der Waals surface area contributed by atoms with Crippen molar-refractivity contribution in [1.29, 1.82) is 0 Å². The number of hydrogen-bond donors (Lipinski definition) is 1. The molecular weight excluding hydrogens is 420 g/mol. The van der Waals surface area contributed by atoms with Crippen LogP contribution in [0.4, 0.5) is 5.69 Å². The van der Waals surface area contributed by atoms with Crippen LogP contribution in [0.5, 0.6) is 0 Å². The highest BCUT2D eigenvalue weighted by molar-refractivity contribution is 9.10. The number of nitrogens with one attached hydrogen (secondary N) is 1. The van der Waals surface area contributed by atoms with Crippen LogP contribution in [0, 0.1) is 0 Å². The molecule has 0 saturated carbocycles. The lowest BCUT2D eigenvalue weighted by Gasteiger charge is -2.28. The van der Waals surface area contributed by atoms with E-state index in [1.807, 2.05) is 36.0 Å². The molecule has 0 unspecified atom stereocenters. The van der Waals surface area contributed by atoms with Crippen molar-refractivity contribution in [2.45, 2.75) is 27.9 Å². The van der Waals surface area contributed by atoms with Gasteiger partial charge in [-0.05, 0) is 75.4 Å². The van der Waals surface area contributed by atoms with Gasteiger partial charge in [-0.1, -0.05) is 22.0 Å². The van der Waals surface area contributed by atoms with E-state index in [2.05, 4.69) is 32.6 Å². The van der Waals surface area contributed by atoms with Gasteiger partial charge < -0.3 is 4.90 Å². The Labute approximate surface area is 162 Å². The zero-order chi connectivity index (χ0) is 17.9. The maximum atomic E-state index is 12.4. The van der Waals surface area contributed by atoms with Gasteiger partial charge >= 0.3 is 0 Å². The molecule has 2 aromatic carbocycles. The number of piperidine rings is 1. The van der Waals surface area contributed by atoms with Crippen LogP contribution in [0.3, 0.4) is 0 Å². The van der Waals surface area contributed by atoms with Crippen LogP contribution in [0.25, 0.3) is 0 Å². The molecule has 7 heteroatoms. The second-order valence-electron chi connectivity index (χ2n) is 6.21. The number of halogens is 1. The Balaban J connectivity index is 1.64. The fourth-order valence-electron chi connectivity index (χ4n) is 2.74. The number of hydrogen-bond acceptors (Lipinski definition) is 4. The van der Waals surface area contributed by atoms with E-state index < -0.39 is 10.0 Å². The van der Waals surface area contributed by atoms with Crippen molar-refractivity contribution in [3.05, 3.63) is 53.0 Å². The zero-order valence-electron chi connectivity index (χ0n) is 14.0. The Bertz CT molecular complexity index is 817. The molecule has 1 heterocycles. The molecule has 2 aromatic rings. The van der Waals surface area contributed by atoms with Gasteiger partial charge in [0.2, 0.25) is 0 Å². The van der Waals surface area contributed by atoms with Gasteiger partial charge in [0.15, 0.2) is 0 Å². The standard InChI is InChI=1S/C18H21BrN2O2S2/c1-21-11-9-17(10-12-21)24-16-7-5-15(6-8-16)20-25(22,23)18-4-2-3-14(19)13-18/h2-8,13,17,20H,9-12H2,1H3. The van der Waals surface area contributed by atoms with Crippen molar-refractivity contribution in [2.75, 3.05) is 24.9 Å². The molecule has 25 heavy (non-hydrogen) atoms. The van der Waals surface area contributed by atoms with E-state index in [9.17, 15) is 8.42 Å². The third-order valence-corrected chi connectivity index (χ3v) is 7.40. The summed E-state index contributed by atoms with van der Waals surface area (Å²) >= 11 is 5.18. The number of thioether (sulfide) groups is 1. The Kier molecular flexibility index (Phi) is 6.09. The van der Waals surface area contributed by atoms with E-state index in [4.69, 9.17) is 0 Å². The largest absolute Gasteiger partial charge is 0.306 e. The molecule has 1 N–H and O–H groups in total. The maximum Gasteiger partial charge on any atom is 0.261 e. The average molecular weight is 441 g/mol. The summed E-state index contributed by atoms with van der Waals surface area (Å²) in [4.78, 5) is 3.78. The normalized spacial score (nSPS) is 16.7. The van der Waals surface area contributed by atoms with Crippen LogP contribution >= 0.6 is 27.7 Å². The number of anilines is 1. The Morgan fingerprint density at radius 1 is 1.12 bits per heavy atom. The van der Waals surface area contributed by atoms with Gasteiger partial charge in [-0.3, -0.25) is 4.72 Å². The predicted molar refractivity (Wildman–Crippen MR) is 108 cm³/mol. The van der Waals surface area contributed by atoms with E-state index in [1.54, 1.807) is 24.3 Å². The first-order chi connectivity index (χ1) is 11.9. The average Bonchev–Trinajstić information content (AvgIpc) is 2.58. The topological polar surface area (TPSA) is 49.4 Å². The van der Waals surface area contributed by atoms with E-state index in [0.29, 0.717) is 10.9 Å². The van der Waals surface area contributed by atoms with Crippen molar-refractivity contribution in [3.63, 3.8) is 0 Å². The second-order valence-corrected chi connectivity index (χ2v) is 10.2. The minimum atomic E-state index is -3.57. The van der Waals surface area contributed by atoms with Crippen LogP contribution in [0.15, 0.2) is 62.8 Å². The molecule has 4 nitrogen and oxygen atoms in total. The van der Waals surface area contributed by atoms with Gasteiger partial charge in [0, 0.05) is 20.3 Å². The van der Waals surface area contributed by atoms with Crippen molar-refractivity contribution < 1.29 is 8.42 Å². The molecule has 0 aromatic heterocycles. The third kappa shape index (κ3) is 5.23. The van der Waals surface area contributed by atoms with Gasteiger partial charge in [-0.2, -0.15) is 0 Å². The summed E-state index contributed by atoms with van der Waals surface area (Å²) in [6, 6.07) is 14.3. The first kappa shape index (κ1) is 18.8. The van der Waals surface area contributed by atoms with Crippen LogP contribution in [0.1, 0.15) is 12.8 Å². The van der Waals surface area contributed by atoms with Crippen molar-refractivity contribution in [2.24, 2.45) is 0 Å². The highest BCUT2D eigenvalue weighted by Crippen LogP contribution is 2.31. The molecule has 1 saturated heterocycles. The minimum Gasteiger partial charge on any atom is -0.306 e. The molecule has 0 amide bonds. The fourth-order valence-corrected chi connectivity index (χ4v) is 5.52. The first-order valence-electron chi connectivity index (χ1n) is 8.16. The molecule has 1 aliphatic heterocycles. The van der Waals surface area contributed by atoms with Crippen molar-refractivity contribution in [1.82, 2.24) is 4.90 Å². The summed E-state index contributed by atoms with van der Waals surface area (Å²) in [6.07, 6.45) is 2.39. The number of sulfonamides is 1. The Morgan fingerprint density at radius 2 is 1.80 bits per heavy atom. The molecule has 0 atom stereocenters. The quantitative estimate of drug-likeness (QED) is 0.746. The summed E-state index contributed by atoms with van der Waals surface area (Å²) < 4.78 is 28.3. The summed E-state index contributed by atoms with van der Waals surface area (Å²) in [6.45, 7) is 2.28. The van der Waals surface area contributed by atoms with Gasteiger partial charge in [0.05, 0.1) is 4.90 Å². The third-order valence-electron chi connectivity index (χ3n) is 4.18. The molecule has 134 valence electrons. The summed E-state index contributed by atoms with van der Waals surface area (Å²) in [5.41, 5.74) is 0.577. The molecule has 0 spiro atoms. The van der Waals surface area contributed by atoms with Gasteiger partial charge in [0.25, 0.3) is 10.0 Å². The molecule has 0 radical (unpaired) electrons. The molecule has 3 rings (SSSR count). The lowest BCUT2D eigenvalue weighted by atomic mass is 10.1. The first-order valence-corrected chi connectivity index (χ1v) is 11.3. The number of rotatable bonds is 5. The minimum absolute atomic E-state index is 0.242. The van der Waals surface area contributed by atoms with Crippen molar-refractivity contribution in [3.8, 4) is 0 Å². The molecule has 1 aliphatic rings. The molecule has 1 fully saturated rings. The van der Waals surface area contributed by atoms with E-state index in [0.717, 1.165) is 17.6 Å². The van der Waals surface area contributed by atoms with E-state index >= 15 is 0 Å². The lowest BCUT2D eigenvalue weighted by Crippen LogP contribution is -2.31. The van der Waals surface area contributed by atoms with Gasteiger partial charge in [0.1, 0.15) is 0 Å². The zero-order valence-corrected chi connectivity index (χ0v) is 17.2. The predicted octanol–water partition coefficient (Wildman–Crippen LogP) is 4.44. The van der Waals surface area contributed by atoms with Crippen LogP contribution < -0.4 is 4.72 Å². The van der Waals surface area contributed by atoms with Crippen LogP contribution in [0.2, 0.25) is 0 Å². The van der Waals surface area contributed by atoms with E-state index in [-0.39, 0.29) is 4.90 Å². The summed E-state index contributed by atoms with van der Waals surface area (Å²) in [7, 11) is -1.41. The number of nitrogens with zero attached hydrogens (tertiary/aromatic N) is 1. The van der Waals surface area contributed by atoms with Crippen LogP contribution in [-0.2, 0) is 10.0 Å². The molecule has 0 aliphatic carbocycles. The SMILES string of the molecule is CN1CCC(Sc2ccc(NS(=O)(=O)c3cccc(Br)c3)cc2)CC1. The molecular formula is C18H21BrN2O2S2. The van der Waals surface area contributed by atoms with Crippen LogP contribution in [-0.4, -0.2) is 38.7 Å². The summed E-state index contributed by atoms with van der Waals surface area (Å²) in [5, 5.41) is 0.639. The van der Waals surface area contributed by atoms with Gasteiger partial charge in [-0.15, -0.1) is 11.8 Å². The maximum absolute atomic E-state index is 12.4. The summed E-state index contributed by atoms with van der Waals surface area (Å²) in [5.74, 6) is 0. The second kappa shape index (κ2) is 8.12. The Hall–Kier alpha value is -1.02. The number of benzene rings is 2. The van der Waals surface area contributed by atoms with Gasteiger partial charge in [-0.25, -0.2) is 8.42 Å². The van der Waals surface area contributed by atoms with E-state index in [1.165, 1.54) is 17.7 Å². The Morgan fingerprint density at radius 3 is 2.44 bits per heavy atom. The monoisotopic (exact) mass is 440 g/mol. The number of likely N-dealkylation sites (tertiary alicyclic amines) is 1. The fraction of sp³-hybridized carbons (Fsp3) is 0.333. The molecule has 0 bridgehead atoms. The lowest BCUT2D eigenvalue weighted by molar-refractivity contribution is 0.282. The highest BCUT2D eigenvalue weighted by atomic mass is 79.9. The van der Waals surface area contributed by atoms with Crippen molar-refractivity contribution >= 4 is 43.4 Å². The smallest absolute Gasteiger partial charge is 0.261 e.